The maximum absolute atomic E-state index is 11.8. The molecule has 0 radical (unpaired) electrons. The summed E-state index contributed by atoms with van der Waals surface area (Å²) in [6.07, 6.45) is 7.91. The number of rotatable bonds is 22. The Morgan fingerprint density at radius 1 is 1.12 bits per heavy atom. The molecule has 0 aliphatic carbocycles. The zero-order valence-electron chi connectivity index (χ0n) is 30.3. The van der Waals surface area contributed by atoms with E-state index in [1.807, 2.05) is 56.3 Å². The summed E-state index contributed by atoms with van der Waals surface area (Å²) in [4.78, 5) is 22.7. The smallest absolute Gasteiger partial charge is 0.305 e. The lowest BCUT2D eigenvalue weighted by Crippen LogP contribution is -2.52. The van der Waals surface area contributed by atoms with E-state index in [1.54, 1.807) is 26.2 Å². The number of ether oxygens (including phenoxy) is 3. The summed E-state index contributed by atoms with van der Waals surface area (Å²) in [5, 5.41) is 45.8. The molecule has 2 rings (SSSR count). The molecule has 11 heteroatoms. The first-order chi connectivity index (χ1) is 22.9. The van der Waals surface area contributed by atoms with Crippen molar-refractivity contribution in [2.24, 2.45) is 11.8 Å². The molecule has 0 saturated carbocycles. The number of allylic oxidation sites excluding steroid dienone is 4. The topological polar surface area (TPSA) is 158 Å². The molecule has 1 aliphatic rings. The van der Waals surface area contributed by atoms with E-state index in [1.165, 1.54) is 13.8 Å². The zero-order chi connectivity index (χ0) is 36.9. The van der Waals surface area contributed by atoms with Crippen molar-refractivity contribution in [3.05, 3.63) is 70.8 Å². The number of hydrogen-bond donors (Lipinski definition) is 5. The summed E-state index contributed by atoms with van der Waals surface area (Å²) in [6, 6.07) is 7.19. The Balaban J connectivity index is 2.12. The van der Waals surface area contributed by atoms with Crippen molar-refractivity contribution in [2.75, 3.05) is 7.11 Å². The van der Waals surface area contributed by atoms with Crippen molar-refractivity contribution in [2.45, 2.75) is 135 Å². The molecule has 5 N–H and O–H groups in total. The zero-order valence-corrected chi connectivity index (χ0v) is 31.0. The fourth-order valence-electron chi connectivity index (χ4n) is 6.22. The first kappa shape index (κ1) is 42.6. The molecule has 1 heterocycles. The molecule has 0 bridgehead atoms. The molecular formula is C38H58ClNO9. The van der Waals surface area contributed by atoms with Crippen LogP contribution in [0.1, 0.15) is 86.1 Å². The number of aliphatic hydroxyl groups is 3. The molecule has 1 aromatic carbocycles. The second-order valence-electron chi connectivity index (χ2n) is 13.9. The predicted molar refractivity (Wildman–Crippen MR) is 191 cm³/mol. The van der Waals surface area contributed by atoms with E-state index in [0.29, 0.717) is 18.0 Å². The number of carboxylic acid groups (broad SMARTS) is 1. The maximum atomic E-state index is 11.8. The summed E-state index contributed by atoms with van der Waals surface area (Å²) in [5.74, 6) is -1.53. The summed E-state index contributed by atoms with van der Waals surface area (Å²) < 4.78 is 17.2. The number of carbonyl (C=O) groups excluding carboxylic acids is 1. The molecule has 1 aliphatic heterocycles. The second-order valence-corrected chi connectivity index (χ2v) is 14.4. The van der Waals surface area contributed by atoms with Crippen LogP contribution in [-0.2, 0) is 30.3 Å². The maximum Gasteiger partial charge on any atom is 0.305 e. The highest BCUT2D eigenvalue weighted by Gasteiger charge is 2.54. The number of halogens is 1. The van der Waals surface area contributed by atoms with Crippen molar-refractivity contribution in [3.63, 3.8) is 0 Å². The van der Waals surface area contributed by atoms with Gasteiger partial charge in [-0.3, -0.25) is 9.59 Å². The molecule has 10 atom stereocenters. The van der Waals surface area contributed by atoms with Crippen LogP contribution in [0.25, 0.3) is 0 Å². The Labute approximate surface area is 297 Å². The number of aliphatic carboxylic acids is 1. The van der Waals surface area contributed by atoms with E-state index < -0.39 is 47.8 Å². The van der Waals surface area contributed by atoms with Crippen molar-refractivity contribution < 1.29 is 44.2 Å². The lowest BCUT2D eigenvalue weighted by Gasteiger charge is -2.31. The Bertz CT molecular complexity index is 1290. The van der Waals surface area contributed by atoms with Crippen molar-refractivity contribution >= 4 is 23.5 Å². The standard InChI is InChI=1S/C38H58ClNO9/c1-9-31(47-8)26(4)34-35(49-34)36(40-23-28-13-10-14-29(39)21-28)38(7,46)18-11-12-24(2)20-25(3)15-16-32(48-27(5)41)37(6,45)19-17-30(42)22-33(43)44/h10-16,18,21,25-26,30-32,34-36,40,42,45-46H,9,17,19-20,22-23H2,1-8H3,(H,43,44)/b16-15+,18-11+,24-12+/t25-,26+,30+,31-,32-,34+,35-,36?,37+,38?/m0/s1. The fourth-order valence-corrected chi connectivity index (χ4v) is 6.44. The third-order valence-electron chi connectivity index (χ3n) is 9.12. The van der Waals surface area contributed by atoms with Crippen LogP contribution in [0.2, 0.25) is 5.02 Å². The number of esters is 1. The number of hydrogen-bond acceptors (Lipinski definition) is 9. The average Bonchev–Trinajstić information content (AvgIpc) is 3.78. The Hall–Kier alpha value is -2.57. The molecule has 276 valence electrons. The number of nitrogens with one attached hydrogen (secondary N) is 1. The number of aliphatic hydroxyl groups excluding tert-OH is 1. The number of epoxide rings is 1. The Kier molecular flexibility index (Phi) is 17.1. The first-order valence-electron chi connectivity index (χ1n) is 17.1. The quantitative estimate of drug-likeness (QED) is 0.0434. The van der Waals surface area contributed by atoms with Crippen LogP contribution in [0.15, 0.2) is 60.2 Å². The van der Waals surface area contributed by atoms with Crippen LogP contribution in [-0.4, -0.2) is 87.2 Å². The fraction of sp³-hybridized carbons (Fsp3) is 0.632. The normalized spacial score (nSPS) is 22.9. The van der Waals surface area contributed by atoms with E-state index in [-0.39, 0.29) is 43.0 Å². The van der Waals surface area contributed by atoms with Gasteiger partial charge in [0.2, 0.25) is 0 Å². The molecule has 2 unspecified atom stereocenters. The van der Waals surface area contributed by atoms with Gasteiger partial charge in [0.1, 0.15) is 17.8 Å². The van der Waals surface area contributed by atoms with E-state index in [2.05, 4.69) is 19.2 Å². The minimum atomic E-state index is -1.51. The highest BCUT2D eigenvalue weighted by molar-refractivity contribution is 6.30. The van der Waals surface area contributed by atoms with Crippen LogP contribution in [0.5, 0.6) is 0 Å². The lowest BCUT2D eigenvalue weighted by atomic mass is 9.87. The SMILES string of the molecule is CC[C@H](OC)[C@@H](C)[C@H]1O[C@@H]1C(NCc1cccc(Cl)c1)C(C)(O)/C=C/C=C(\C)C[C@@H](C)/C=C/[C@H](OC(C)=O)[C@](C)(O)CC[C@@H](O)CC(=O)O. The van der Waals surface area contributed by atoms with Crippen molar-refractivity contribution in [3.8, 4) is 0 Å². The van der Waals surface area contributed by atoms with Gasteiger partial charge in [-0.2, -0.15) is 0 Å². The average molecular weight is 708 g/mol. The number of benzene rings is 1. The van der Waals surface area contributed by atoms with Gasteiger partial charge in [-0.05, 0) is 76.1 Å². The van der Waals surface area contributed by atoms with E-state index in [0.717, 1.165) is 17.6 Å². The molecule has 1 saturated heterocycles. The third kappa shape index (κ3) is 14.7. The van der Waals surface area contributed by atoms with E-state index in [9.17, 15) is 24.9 Å². The van der Waals surface area contributed by atoms with Gasteiger partial charge < -0.3 is 40.0 Å². The van der Waals surface area contributed by atoms with Gasteiger partial charge >= 0.3 is 11.9 Å². The molecule has 1 fully saturated rings. The summed E-state index contributed by atoms with van der Waals surface area (Å²) >= 11 is 6.21. The second kappa shape index (κ2) is 19.7. The molecule has 49 heavy (non-hydrogen) atoms. The van der Waals surface area contributed by atoms with Crippen LogP contribution in [0.3, 0.4) is 0 Å². The summed E-state index contributed by atoms with van der Waals surface area (Å²) in [6.45, 7) is 13.2. The van der Waals surface area contributed by atoms with Crippen molar-refractivity contribution in [1.82, 2.24) is 5.32 Å². The molecular weight excluding hydrogens is 650 g/mol. The first-order valence-corrected chi connectivity index (χ1v) is 17.5. The molecule has 0 aromatic heterocycles. The number of methoxy groups -OCH3 is 1. The van der Waals surface area contributed by atoms with Gasteiger partial charge in [-0.15, -0.1) is 0 Å². The minimum Gasteiger partial charge on any atom is -0.481 e. The molecule has 1 aromatic rings. The van der Waals surface area contributed by atoms with Gasteiger partial charge in [-0.1, -0.05) is 74.4 Å². The van der Waals surface area contributed by atoms with Crippen LogP contribution in [0, 0.1) is 11.8 Å². The highest BCUT2D eigenvalue weighted by Crippen LogP contribution is 2.39. The van der Waals surface area contributed by atoms with Crippen LogP contribution >= 0.6 is 11.6 Å². The van der Waals surface area contributed by atoms with E-state index >= 15 is 0 Å². The number of carboxylic acids is 1. The minimum absolute atomic E-state index is 0.0122. The molecule has 0 spiro atoms. The number of carbonyl (C=O) groups is 2. The Morgan fingerprint density at radius 3 is 2.41 bits per heavy atom. The van der Waals surface area contributed by atoms with E-state index in [4.69, 9.17) is 30.9 Å². The summed E-state index contributed by atoms with van der Waals surface area (Å²) in [7, 11) is 1.71. The highest BCUT2D eigenvalue weighted by atomic mass is 35.5. The van der Waals surface area contributed by atoms with Gasteiger partial charge in [0.15, 0.2) is 0 Å². The third-order valence-corrected chi connectivity index (χ3v) is 9.35. The monoisotopic (exact) mass is 707 g/mol. The van der Waals surface area contributed by atoms with Crippen LogP contribution in [0.4, 0.5) is 0 Å². The predicted octanol–water partition coefficient (Wildman–Crippen LogP) is 5.76. The molecule has 10 nitrogen and oxygen atoms in total. The van der Waals surface area contributed by atoms with Gasteiger partial charge in [-0.25, -0.2) is 0 Å². The van der Waals surface area contributed by atoms with Crippen LogP contribution < -0.4 is 5.32 Å². The largest absolute Gasteiger partial charge is 0.481 e. The Morgan fingerprint density at radius 2 is 1.82 bits per heavy atom. The molecule has 0 amide bonds. The van der Waals surface area contributed by atoms with Gasteiger partial charge in [0.05, 0.1) is 36.4 Å². The van der Waals surface area contributed by atoms with Gasteiger partial charge in [0, 0.05) is 31.5 Å². The van der Waals surface area contributed by atoms with Gasteiger partial charge in [0.25, 0.3) is 0 Å². The van der Waals surface area contributed by atoms with Crippen molar-refractivity contribution in [1.29, 1.82) is 0 Å². The lowest BCUT2D eigenvalue weighted by molar-refractivity contribution is -0.156. The summed E-state index contributed by atoms with van der Waals surface area (Å²) in [5.41, 5.74) is -0.728.